The van der Waals surface area contributed by atoms with Crippen LogP contribution in [-0.4, -0.2) is 81.6 Å². The Bertz CT molecular complexity index is 943. The Balaban J connectivity index is 1.43. The highest BCUT2D eigenvalue weighted by Crippen LogP contribution is 2.28. The molecule has 2 aliphatic rings. The van der Waals surface area contributed by atoms with Crippen LogP contribution in [-0.2, 0) is 16.0 Å². The van der Waals surface area contributed by atoms with Gasteiger partial charge in [0, 0.05) is 37.6 Å². The van der Waals surface area contributed by atoms with E-state index in [0.717, 1.165) is 36.6 Å². The van der Waals surface area contributed by atoms with Crippen molar-refractivity contribution >= 4 is 28.3 Å². The number of aromatic nitrogens is 4. The Morgan fingerprint density at radius 2 is 2.07 bits per heavy atom. The SMILES string of the molecule is OC[C@@H]1CN(Cc2cccs2)C[C@H](n2cnc3c(N4CCOCC4)ncnc32)O1. The molecular formula is C19H24N6O3S. The van der Waals surface area contributed by atoms with E-state index in [1.165, 1.54) is 4.88 Å². The van der Waals surface area contributed by atoms with E-state index in [9.17, 15) is 5.11 Å². The number of ether oxygens (including phenoxy) is 2. The first-order valence-corrected chi connectivity index (χ1v) is 10.7. The molecule has 10 heteroatoms. The quantitative estimate of drug-likeness (QED) is 0.662. The van der Waals surface area contributed by atoms with Gasteiger partial charge >= 0.3 is 0 Å². The van der Waals surface area contributed by atoms with E-state index in [1.807, 2.05) is 4.57 Å². The van der Waals surface area contributed by atoms with Gasteiger partial charge in [-0.25, -0.2) is 15.0 Å². The molecule has 0 amide bonds. The Labute approximate surface area is 172 Å². The van der Waals surface area contributed by atoms with E-state index in [1.54, 1.807) is 24.0 Å². The van der Waals surface area contributed by atoms with Crippen LogP contribution in [0.3, 0.4) is 0 Å². The number of fused-ring (bicyclic) bond motifs is 1. The molecule has 0 aliphatic carbocycles. The third-order valence-corrected chi connectivity index (χ3v) is 6.21. The molecule has 9 nitrogen and oxygen atoms in total. The van der Waals surface area contributed by atoms with Gasteiger partial charge in [-0.1, -0.05) is 6.07 Å². The highest BCUT2D eigenvalue weighted by atomic mass is 32.1. The predicted molar refractivity (Wildman–Crippen MR) is 109 cm³/mol. The molecule has 5 heterocycles. The highest BCUT2D eigenvalue weighted by molar-refractivity contribution is 7.09. The van der Waals surface area contributed by atoms with Crippen molar-refractivity contribution in [2.75, 3.05) is 50.9 Å². The Hall–Kier alpha value is -2.11. The molecule has 29 heavy (non-hydrogen) atoms. The fourth-order valence-corrected chi connectivity index (χ4v) is 4.70. The Kier molecular flexibility index (Phi) is 5.42. The van der Waals surface area contributed by atoms with Crippen molar-refractivity contribution in [3.05, 3.63) is 35.0 Å². The number of nitrogens with zero attached hydrogens (tertiary/aromatic N) is 6. The molecule has 2 aliphatic heterocycles. The maximum Gasteiger partial charge on any atom is 0.167 e. The van der Waals surface area contributed by atoms with E-state index in [2.05, 4.69) is 42.3 Å². The van der Waals surface area contributed by atoms with Crippen LogP contribution in [0.15, 0.2) is 30.2 Å². The summed E-state index contributed by atoms with van der Waals surface area (Å²) >= 11 is 1.74. The minimum atomic E-state index is -0.265. The van der Waals surface area contributed by atoms with E-state index in [0.29, 0.717) is 26.3 Å². The van der Waals surface area contributed by atoms with E-state index in [4.69, 9.17) is 9.47 Å². The van der Waals surface area contributed by atoms with Crippen molar-refractivity contribution in [1.29, 1.82) is 0 Å². The Morgan fingerprint density at radius 1 is 1.17 bits per heavy atom. The molecular weight excluding hydrogens is 392 g/mol. The first-order valence-electron chi connectivity index (χ1n) is 9.83. The first-order chi connectivity index (χ1) is 14.3. The maximum atomic E-state index is 9.76. The summed E-state index contributed by atoms with van der Waals surface area (Å²) in [5.74, 6) is 0.835. The van der Waals surface area contributed by atoms with Gasteiger partial charge in [0.05, 0.1) is 32.3 Å². The van der Waals surface area contributed by atoms with Crippen molar-refractivity contribution in [2.24, 2.45) is 0 Å². The third kappa shape index (κ3) is 3.86. The minimum Gasteiger partial charge on any atom is -0.394 e. The molecule has 0 saturated carbocycles. The monoisotopic (exact) mass is 416 g/mol. The first kappa shape index (κ1) is 18.9. The number of morpholine rings is 2. The minimum absolute atomic E-state index is 0.0158. The fourth-order valence-electron chi connectivity index (χ4n) is 3.95. The highest BCUT2D eigenvalue weighted by Gasteiger charge is 2.30. The average molecular weight is 417 g/mol. The molecule has 2 atom stereocenters. The molecule has 154 valence electrons. The summed E-state index contributed by atoms with van der Waals surface area (Å²) in [6.07, 6.45) is 2.85. The lowest BCUT2D eigenvalue weighted by Gasteiger charge is -2.37. The second kappa shape index (κ2) is 8.33. The lowest BCUT2D eigenvalue weighted by atomic mass is 10.2. The van der Waals surface area contributed by atoms with Gasteiger partial charge < -0.3 is 19.5 Å². The number of anilines is 1. The number of aliphatic hydroxyl groups is 1. The molecule has 0 radical (unpaired) electrons. The molecule has 3 aromatic rings. The van der Waals surface area contributed by atoms with E-state index >= 15 is 0 Å². The Morgan fingerprint density at radius 3 is 2.86 bits per heavy atom. The van der Waals surface area contributed by atoms with Crippen LogP contribution in [0.4, 0.5) is 5.82 Å². The van der Waals surface area contributed by atoms with E-state index in [-0.39, 0.29) is 18.9 Å². The van der Waals surface area contributed by atoms with Gasteiger partial charge in [-0.2, -0.15) is 0 Å². The van der Waals surface area contributed by atoms with Crippen molar-refractivity contribution < 1.29 is 14.6 Å². The van der Waals surface area contributed by atoms with E-state index < -0.39 is 0 Å². The van der Waals surface area contributed by atoms with Gasteiger partial charge in [-0.3, -0.25) is 9.47 Å². The molecule has 1 N–H and O–H groups in total. The zero-order valence-electron chi connectivity index (χ0n) is 16.1. The molecule has 5 rings (SSSR count). The molecule has 2 saturated heterocycles. The molecule has 0 bridgehead atoms. The van der Waals surface area contributed by atoms with Crippen LogP contribution >= 0.6 is 11.3 Å². The lowest BCUT2D eigenvalue weighted by Crippen LogP contribution is -2.46. The van der Waals surface area contributed by atoms with Crippen molar-refractivity contribution in [3.63, 3.8) is 0 Å². The van der Waals surface area contributed by atoms with Crippen molar-refractivity contribution in [2.45, 2.75) is 18.9 Å². The number of rotatable bonds is 5. The third-order valence-electron chi connectivity index (χ3n) is 5.35. The van der Waals surface area contributed by atoms with Crippen LogP contribution < -0.4 is 4.90 Å². The van der Waals surface area contributed by atoms with Crippen LogP contribution in [0.2, 0.25) is 0 Å². The summed E-state index contributed by atoms with van der Waals surface area (Å²) in [6.45, 7) is 5.19. The van der Waals surface area contributed by atoms with Gasteiger partial charge in [0.1, 0.15) is 12.6 Å². The number of thiophene rings is 1. The van der Waals surface area contributed by atoms with Crippen molar-refractivity contribution in [3.8, 4) is 0 Å². The smallest absolute Gasteiger partial charge is 0.167 e. The number of hydrogen-bond acceptors (Lipinski definition) is 9. The fraction of sp³-hybridized carbons (Fsp3) is 0.526. The molecule has 0 unspecified atom stereocenters. The largest absolute Gasteiger partial charge is 0.394 e. The number of hydrogen-bond donors (Lipinski definition) is 1. The number of imidazole rings is 1. The van der Waals surface area contributed by atoms with Gasteiger partial charge in [0.2, 0.25) is 0 Å². The van der Waals surface area contributed by atoms with Gasteiger partial charge in [0.25, 0.3) is 0 Å². The summed E-state index contributed by atoms with van der Waals surface area (Å²) in [5.41, 5.74) is 1.52. The topological polar surface area (TPSA) is 88.8 Å². The predicted octanol–water partition coefficient (Wildman–Crippen LogP) is 1.12. The summed E-state index contributed by atoms with van der Waals surface area (Å²) in [7, 11) is 0. The zero-order chi connectivity index (χ0) is 19.6. The molecule has 3 aromatic heterocycles. The van der Waals surface area contributed by atoms with Crippen LogP contribution in [0.25, 0.3) is 11.2 Å². The van der Waals surface area contributed by atoms with Crippen molar-refractivity contribution in [1.82, 2.24) is 24.4 Å². The second-order valence-electron chi connectivity index (χ2n) is 7.29. The summed E-state index contributed by atoms with van der Waals surface area (Å²) < 4.78 is 13.6. The molecule has 0 spiro atoms. The summed E-state index contributed by atoms with van der Waals surface area (Å²) in [6, 6.07) is 4.20. The van der Waals surface area contributed by atoms with Crippen LogP contribution in [0.1, 0.15) is 11.1 Å². The van der Waals surface area contributed by atoms with Crippen LogP contribution in [0, 0.1) is 0 Å². The van der Waals surface area contributed by atoms with Gasteiger partial charge in [-0.05, 0) is 11.4 Å². The zero-order valence-corrected chi connectivity index (χ0v) is 16.9. The number of aliphatic hydroxyl groups excluding tert-OH is 1. The normalized spacial score (nSPS) is 23.7. The van der Waals surface area contributed by atoms with Gasteiger partial charge in [-0.15, -0.1) is 11.3 Å². The average Bonchev–Trinajstić information content (AvgIpc) is 3.43. The van der Waals surface area contributed by atoms with Gasteiger partial charge in [0.15, 0.2) is 17.0 Å². The summed E-state index contributed by atoms with van der Waals surface area (Å²) in [5, 5.41) is 11.8. The maximum absolute atomic E-state index is 9.76. The standard InChI is InChI=1S/C19H24N6O3S/c26-11-14-8-23(9-15-2-1-7-29-15)10-16(28-14)25-13-22-17-18(20-12-21-19(17)25)24-3-5-27-6-4-24/h1-2,7,12-14,16,26H,3-6,8-11H2/t14-,16+/m0/s1. The second-order valence-corrected chi connectivity index (χ2v) is 8.32. The summed E-state index contributed by atoms with van der Waals surface area (Å²) in [4.78, 5) is 19.4. The van der Waals surface area contributed by atoms with Crippen LogP contribution in [0.5, 0.6) is 0 Å². The lowest BCUT2D eigenvalue weighted by molar-refractivity contribution is -0.135. The molecule has 0 aromatic carbocycles. The molecule has 2 fully saturated rings.